The lowest BCUT2D eigenvalue weighted by Crippen LogP contribution is -2.00. The van der Waals surface area contributed by atoms with E-state index in [0.29, 0.717) is 5.92 Å². The number of nitrogens with zero attached hydrogens (tertiary/aromatic N) is 2. The Kier molecular flexibility index (Phi) is 4.77. The molecule has 86 valence electrons. The van der Waals surface area contributed by atoms with Crippen molar-refractivity contribution in [3.63, 3.8) is 0 Å². The second-order valence-electron chi connectivity index (χ2n) is 4.10. The normalized spacial score (nSPS) is 12.6. The van der Waals surface area contributed by atoms with Crippen molar-refractivity contribution in [3.8, 4) is 0 Å². The molecule has 0 fully saturated rings. The molecule has 0 N–H and O–H groups in total. The Morgan fingerprint density at radius 2 is 2.31 bits per heavy atom. The van der Waals surface area contributed by atoms with E-state index in [0.717, 1.165) is 6.54 Å². The molecule has 0 saturated carbocycles. The molecule has 0 aliphatic heterocycles. The van der Waals surface area contributed by atoms with E-state index in [4.69, 9.17) is 0 Å². The second kappa shape index (κ2) is 6.11. The minimum Gasteiger partial charge on any atom is -0.268 e. The topological polar surface area (TPSA) is 17.8 Å². The van der Waals surface area contributed by atoms with Gasteiger partial charge in [0.2, 0.25) is 0 Å². The van der Waals surface area contributed by atoms with Crippen LogP contribution in [0.3, 0.4) is 0 Å². The highest BCUT2D eigenvalue weighted by atomic mass is 15.3. The van der Waals surface area contributed by atoms with Gasteiger partial charge >= 0.3 is 0 Å². The van der Waals surface area contributed by atoms with Gasteiger partial charge in [0, 0.05) is 6.20 Å². The highest BCUT2D eigenvalue weighted by Gasteiger charge is 2.02. The second-order valence-corrected chi connectivity index (χ2v) is 4.10. The predicted octanol–water partition coefficient (Wildman–Crippen LogP) is 3.70. The van der Waals surface area contributed by atoms with Gasteiger partial charge in [-0.3, -0.25) is 4.68 Å². The Hall–Kier alpha value is -1.57. The van der Waals surface area contributed by atoms with E-state index < -0.39 is 0 Å². The van der Waals surface area contributed by atoms with Gasteiger partial charge in [-0.2, -0.15) is 5.10 Å². The predicted molar refractivity (Wildman–Crippen MR) is 69.4 cm³/mol. The van der Waals surface area contributed by atoms with Gasteiger partial charge in [0.25, 0.3) is 0 Å². The molecule has 16 heavy (non-hydrogen) atoms. The summed E-state index contributed by atoms with van der Waals surface area (Å²) in [6.45, 7) is 10.9. The molecular weight excluding hydrogens is 196 g/mol. The number of aromatic nitrogens is 2. The lowest BCUT2D eigenvalue weighted by Gasteiger charge is -2.02. The summed E-state index contributed by atoms with van der Waals surface area (Å²) in [6.07, 6.45) is 12.0. The van der Waals surface area contributed by atoms with Crippen LogP contribution in [0.2, 0.25) is 0 Å². The first-order chi connectivity index (χ1) is 7.67. The molecule has 0 radical (unpaired) electrons. The van der Waals surface area contributed by atoms with Crippen LogP contribution in [-0.2, 0) is 6.54 Å². The summed E-state index contributed by atoms with van der Waals surface area (Å²) in [6, 6.07) is 0. The van der Waals surface area contributed by atoms with Crippen molar-refractivity contribution in [3.05, 3.63) is 54.4 Å². The average molecular weight is 216 g/mol. The van der Waals surface area contributed by atoms with Crippen molar-refractivity contribution in [1.82, 2.24) is 9.78 Å². The van der Waals surface area contributed by atoms with Crippen molar-refractivity contribution in [2.45, 2.75) is 33.2 Å². The molecule has 0 aliphatic carbocycles. The lowest BCUT2D eigenvalue weighted by atomic mass is 10.1. The molecule has 0 aliphatic rings. The van der Waals surface area contributed by atoms with E-state index in [9.17, 15) is 0 Å². The van der Waals surface area contributed by atoms with E-state index in [1.165, 1.54) is 11.1 Å². The first kappa shape index (κ1) is 12.5. The third-order valence-corrected chi connectivity index (χ3v) is 2.38. The van der Waals surface area contributed by atoms with Crippen LogP contribution in [0.5, 0.6) is 0 Å². The van der Waals surface area contributed by atoms with Crippen LogP contribution in [0.1, 0.15) is 32.3 Å². The zero-order chi connectivity index (χ0) is 12.0. The van der Waals surface area contributed by atoms with Crippen LogP contribution in [0.15, 0.2) is 48.8 Å². The summed E-state index contributed by atoms with van der Waals surface area (Å²) in [5.74, 6) is 0.530. The minimum atomic E-state index is 0.530. The maximum atomic E-state index is 4.35. The van der Waals surface area contributed by atoms with E-state index in [1.807, 2.05) is 36.0 Å². The fraction of sp³-hybridized carbons (Fsp3) is 0.357. The number of hydrogen-bond donors (Lipinski definition) is 0. The highest BCUT2D eigenvalue weighted by Crippen LogP contribution is 2.13. The van der Waals surface area contributed by atoms with Crippen molar-refractivity contribution in [1.29, 1.82) is 0 Å². The summed E-state index contributed by atoms with van der Waals surface area (Å²) < 4.78 is 1.96. The number of rotatable bonds is 5. The zero-order valence-electron chi connectivity index (χ0n) is 10.4. The zero-order valence-corrected chi connectivity index (χ0v) is 10.4. The van der Waals surface area contributed by atoms with Crippen molar-refractivity contribution in [2.24, 2.45) is 0 Å². The fourth-order valence-electron chi connectivity index (χ4n) is 1.48. The first-order valence-electron chi connectivity index (χ1n) is 5.64. The number of hydrogen-bond acceptors (Lipinski definition) is 1. The van der Waals surface area contributed by atoms with Gasteiger partial charge in [-0.1, -0.05) is 44.7 Å². The maximum Gasteiger partial charge on any atom is 0.0659 e. The van der Waals surface area contributed by atoms with Gasteiger partial charge in [0.15, 0.2) is 0 Å². The molecule has 0 saturated heterocycles. The van der Waals surface area contributed by atoms with E-state index in [2.05, 4.69) is 37.8 Å². The monoisotopic (exact) mass is 216 g/mol. The molecule has 1 aromatic heterocycles. The third-order valence-electron chi connectivity index (χ3n) is 2.38. The van der Waals surface area contributed by atoms with Gasteiger partial charge in [-0.05, 0) is 24.0 Å². The fourth-order valence-corrected chi connectivity index (χ4v) is 1.48. The molecule has 2 nitrogen and oxygen atoms in total. The molecule has 0 amide bonds. The average Bonchev–Trinajstić information content (AvgIpc) is 2.67. The van der Waals surface area contributed by atoms with Gasteiger partial charge in [0.1, 0.15) is 0 Å². The Morgan fingerprint density at radius 3 is 2.81 bits per heavy atom. The first-order valence-corrected chi connectivity index (χ1v) is 5.64. The minimum absolute atomic E-state index is 0.530. The van der Waals surface area contributed by atoms with Crippen LogP contribution in [0, 0.1) is 0 Å². The van der Waals surface area contributed by atoms with E-state index in [-0.39, 0.29) is 0 Å². The quantitative estimate of drug-likeness (QED) is 0.686. The third kappa shape index (κ3) is 3.54. The Morgan fingerprint density at radius 1 is 1.56 bits per heavy atom. The molecule has 0 unspecified atom stereocenters. The summed E-state index contributed by atoms with van der Waals surface area (Å²) in [5, 5.41) is 4.35. The Labute approximate surface area is 98.0 Å². The van der Waals surface area contributed by atoms with Crippen molar-refractivity contribution in [2.75, 3.05) is 0 Å². The molecule has 0 atom stereocenters. The lowest BCUT2D eigenvalue weighted by molar-refractivity contribution is 0.684. The molecule has 1 aromatic rings. The largest absolute Gasteiger partial charge is 0.268 e. The summed E-state index contributed by atoms with van der Waals surface area (Å²) >= 11 is 0. The van der Waals surface area contributed by atoms with Crippen molar-refractivity contribution >= 4 is 0 Å². The molecule has 0 spiro atoms. The summed E-state index contributed by atoms with van der Waals surface area (Å²) in [4.78, 5) is 0. The van der Waals surface area contributed by atoms with Gasteiger partial charge in [-0.15, -0.1) is 0 Å². The van der Waals surface area contributed by atoms with Crippen LogP contribution < -0.4 is 0 Å². The van der Waals surface area contributed by atoms with Crippen LogP contribution in [0.25, 0.3) is 0 Å². The molecule has 1 rings (SSSR count). The molecule has 1 heterocycles. The van der Waals surface area contributed by atoms with E-state index >= 15 is 0 Å². The summed E-state index contributed by atoms with van der Waals surface area (Å²) in [5.41, 5.74) is 2.48. The van der Waals surface area contributed by atoms with E-state index in [1.54, 1.807) is 0 Å². The molecule has 2 heteroatoms. The number of allylic oxidation sites excluding steroid dienone is 5. The van der Waals surface area contributed by atoms with Gasteiger partial charge < -0.3 is 0 Å². The Bertz CT molecular complexity index is 395. The van der Waals surface area contributed by atoms with Crippen molar-refractivity contribution < 1.29 is 0 Å². The Balaban J connectivity index is 2.77. The standard InChI is InChI=1S/C14H20N2/c1-5-7-13(8-6-2)10-16-11-14(9-15-16)12(3)4/h5-9,11-12H,1,10H2,2-4H3/b8-6-,13-7+. The molecule has 0 aromatic carbocycles. The van der Waals surface area contributed by atoms with Crippen LogP contribution in [0.4, 0.5) is 0 Å². The highest BCUT2D eigenvalue weighted by molar-refractivity contribution is 5.23. The van der Waals surface area contributed by atoms with Crippen LogP contribution in [-0.4, -0.2) is 9.78 Å². The smallest absolute Gasteiger partial charge is 0.0659 e. The molecule has 0 bridgehead atoms. The van der Waals surface area contributed by atoms with Crippen LogP contribution >= 0.6 is 0 Å². The summed E-state index contributed by atoms with van der Waals surface area (Å²) in [7, 11) is 0. The molecular formula is C14H20N2. The SMILES string of the molecule is C=C/C=C(\C=C/C)Cn1cc(C(C)C)cn1. The maximum absolute atomic E-state index is 4.35. The van der Waals surface area contributed by atoms with Gasteiger partial charge in [0.05, 0.1) is 12.7 Å². The van der Waals surface area contributed by atoms with Gasteiger partial charge in [-0.25, -0.2) is 0 Å².